The molecule has 120 valence electrons. The first-order chi connectivity index (χ1) is 10.5. The third kappa shape index (κ3) is 2.73. The van der Waals surface area contributed by atoms with Crippen LogP contribution >= 0.6 is 11.6 Å². The molecular formula is C12H16ClN5O4. The second-order valence-electron chi connectivity index (χ2n) is 5.10. The van der Waals surface area contributed by atoms with Crippen LogP contribution in [0, 0.1) is 0 Å². The molecule has 10 heteroatoms. The van der Waals surface area contributed by atoms with Crippen LogP contribution in [0.25, 0.3) is 11.2 Å². The van der Waals surface area contributed by atoms with E-state index in [1.807, 2.05) is 0 Å². The Morgan fingerprint density at radius 1 is 1.55 bits per heavy atom. The molecule has 4 N–H and O–H groups in total. The number of anilines is 1. The zero-order valence-electron chi connectivity index (χ0n) is 11.7. The van der Waals surface area contributed by atoms with Crippen molar-refractivity contribution in [2.24, 2.45) is 0 Å². The van der Waals surface area contributed by atoms with Crippen LogP contribution in [0.3, 0.4) is 0 Å². The summed E-state index contributed by atoms with van der Waals surface area (Å²) in [7, 11) is 0. The molecule has 2 aromatic rings. The lowest BCUT2D eigenvalue weighted by atomic mass is 10.2. The monoisotopic (exact) mass is 329 g/mol. The fraction of sp³-hybridized carbons (Fsp3) is 0.583. The zero-order chi connectivity index (χ0) is 15.9. The van der Waals surface area contributed by atoms with Gasteiger partial charge in [-0.05, 0) is 18.5 Å². The molecule has 0 aromatic carbocycles. The maximum atomic E-state index is 9.84. The van der Waals surface area contributed by atoms with Crippen molar-refractivity contribution in [1.29, 1.82) is 0 Å². The minimum absolute atomic E-state index is 0.00495. The molecule has 22 heavy (non-hydrogen) atoms. The highest BCUT2D eigenvalue weighted by atomic mass is 35.5. The van der Waals surface area contributed by atoms with Gasteiger partial charge in [0.15, 0.2) is 17.0 Å². The Kier molecular flexibility index (Phi) is 4.15. The third-order valence-corrected chi connectivity index (χ3v) is 3.60. The number of rotatable bonds is 4. The van der Waals surface area contributed by atoms with Gasteiger partial charge in [0, 0.05) is 6.42 Å². The van der Waals surface area contributed by atoms with Crippen molar-refractivity contribution in [2.45, 2.75) is 38.0 Å². The summed E-state index contributed by atoms with van der Waals surface area (Å²) in [6, 6.07) is 0. The van der Waals surface area contributed by atoms with Gasteiger partial charge in [0.25, 0.3) is 0 Å². The Morgan fingerprint density at radius 2 is 2.32 bits per heavy atom. The largest absolute Gasteiger partial charge is 0.394 e. The number of imidazole rings is 1. The molecule has 1 unspecified atom stereocenters. The number of nitrogens with zero attached hydrogens (tertiary/aromatic N) is 4. The van der Waals surface area contributed by atoms with Gasteiger partial charge >= 0.3 is 0 Å². The fourth-order valence-corrected chi connectivity index (χ4v) is 2.61. The average Bonchev–Trinajstić information content (AvgIpc) is 3.01. The van der Waals surface area contributed by atoms with Crippen LogP contribution in [-0.4, -0.2) is 59.9 Å². The lowest BCUT2D eigenvalue weighted by Crippen LogP contribution is -2.24. The predicted octanol–water partition coefficient (Wildman–Crippen LogP) is -0.129. The first-order valence-electron chi connectivity index (χ1n) is 6.78. The van der Waals surface area contributed by atoms with E-state index in [1.54, 1.807) is 11.5 Å². The van der Waals surface area contributed by atoms with Gasteiger partial charge in [0.1, 0.15) is 18.6 Å². The number of nitrogens with one attached hydrogen (secondary N) is 1. The average molecular weight is 330 g/mol. The molecule has 1 fully saturated rings. The van der Waals surface area contributed by atoms with E-state index in [0.29, 0.717) is 23.4 Å². The first-order valence-corrected chi connectivity index (χ1v) is 7.16. The fourth-order valence-electron chi connectivity index (χ4n) is 2.45. The highest BCUT2D eigenvalue weighted by molar-refractivity contribution is 6.28. The molecule has 2 aromatic heterocycles. The molecule has 0 bridgehead atoms. The number of hydrogen-bond donors (Lipinski definition) is 4. The summed E-state index contributed by atoms with van der Waals surface area (Å²) >= 11 is 5.91. The number of ether oxygens (including phenoxy) is 1. The van der Waals surface area contributed by atoms with E-state index in [1.165, 1.54) is 6.33 Å². The van der Waals surface area contributed by atoms with Gasteiger partial charge in [-0.15, -0.1) is 0 Å². The molecule has 1 aliphatic heterocycles. The molecule has 0 aliphatic carbocycles. The predicted molar refractivity (Wildman–Crippen MR) is 77.3 cm³/mol. The van der Waals surface area contributed by atoms with E-state index < -0.39 is 24.7 Å². The normalized spacial score (nSPS) is 26.5. The lowest BCUT2D eigenvalue weighted by molar-refractivity contribution is -0.0432. The Morgan fingerprint density at radius 3 is 2.95 bits per heavy atom. The minimum atomic E-state index is -0.831. The summed E-state index contributed by atoms with van der Waals surface area (Å²) in [5.41, 5.74) is 0.842. The summed E-state index contributed by atoms with van der Waals surface area (Å²) in [6.45, 7) is 1.27. The van der Waals surface area contributed by atoms with Crippen LogP contribution < -0.4 is 5.32 Å². The van der Waals surface area contributed by atoms with Crippen LogP contribution in [0.4, 0.5) is 5.82 Å². The van der Waals surface area contributed by atoms with Gasteiger partial charge < -0.3 is 25.4 Å². The highest BCUT2D eigenvalue weighted by Crippen LogP contribution is 2.32. The summed E-state index contributed by atoms with van der Waals surface area (Å²) in [4.78, 5) is 12.4. The zero-order valence-corrected chi connectivity index (χ0v) is 12.5. The quantitative estimate of drug-likeness (QED) is 0.451. The number of aromatic nitrogens is 4. The first kappa shape index (κ1) is 15.4. The molecule has 1 saturated heterocycles. The SMILES string of the molecule is CC(O)Nc1nc(Cl)nc2c1ncn2[C@H]1C[C@H](O)[C@@H](CO)O1. The van der Waals surface area contributed by atoms with Gasteiger partial charge in [-0.1, -0.05) is 0 Å². The van der Waals surface area contributed by atoms with Crippen LogP contribution in [-0.2, 0) is 4.74 Å². The van der Waals surface area contributed by atoms with Gasteiger partial charge in [-0.3, -0.25) is 4.57 Å². The maximum Gasteiger partial charge on any atom is 0.226 e. The Hall–Kier alpha value is -1.52. The molecule has 0 radical (unpaired) electrons. The van der Waals surface area contributed by atoms with E-state index in [2.05, 4.69) is 20.3 Å². The van der Waals surface area contributed by atoms with Gasteiger partial charge in [-0.25, -0.2) is 4.98 Å². The molecule has 0 spiro atoms. The third-order valence-electron chi connectivity index (χ3n) is 3.43. The smallest absolute Gasteiger partial charge is 0.226 e. The second kappa shape index (κ2) is 5.94. The molecule has 9 nitrogen and oxygen atoms in total. The molecule has 1 aliphatic rings. The minimum Gasteiger partial charge on any atom is -0.394 e. The Labute approximate surface area is 130 Å². The van der Waals surface area contributed by atoms with Crippen LogP contribution in [0.1, 0.15) is 19.6 Å². The topological polar surface area (TPSA) is 126 Å². The summed E-state index contributed by atoms with van der Waals surface area (Å²) in [6.07, 6.45) is -0.947. The molecule has 0 saturated carbocycles. The lowest BCUT2D eigenvalue weighted by Gasteiger charge is -2.14. The molecule has 3 rings (SSSR count). The van der Waals surface area contributed by atoms with Crippen molar-refractivity contribution in [1.82, 2.24) is 19.5 Å². The molecular weight excluding hydrogens is 314 g/mol. The van der Waals surface area contributed by atoms with E-state index in [-0.39, 0.29) is 11.9 Å². The Balaban J connectivity index is 2.00. The van der Waals surface area contributed by atoms with Crippen LogP contribution in [0.2, 0.25) is 5.28 Å². The van der Waals surface area contributed by atoms with Crippen molar-refractivity contribution in [3.63, 3.8) is 0 Å². The van der Waals surface area contributed by atoms with E-state index >= 15 is 0 Å². The van der Waals surface area contributed by atoms with Crippen LogP contribution in [0.15, 0.2) is 6.33 Å². The van der Waals surface area contributed by atoms with Crippen LogP contribution in [0.5, 0.6) is 0 Å². The van der Waals surface area contributed by atoms with Crippen molar-refractivity contribution < 1.29 is 20.1 Å². The van der Waals surface area contributed by atoms with E-state index in [9.17, 15) is 10.2 Å². The Bertz CT molecular complexity index is 679. The summed E-state index contributed by atoms with van der Waals surface area (Å²) in [5, 5.41) is 31.2. The standard InChI is InChI=1S/C12H16ClN5O4/c1-5(20)15-10-9-11(17-12(13)16-10)18(4-14-9)8-2-6(21)7(3-19)22-8/h4-8,19-21H,2-3H2,1H3,(H,15,16,17)/t5?,6-,7+,8+/m0/s1. The van der Waals surface area contributed by atoms with Gasteiger partial charge in [0.2, 0.25) is 5.28 Å². The van der Waals surface area contributed by atoms with Crippen molar-refractivity contribution in [3.05, 3.63) is 11.6 Å². The summed E-state index contributed by atoms with van der Waals surface area (Å²) in [5.74, 6) is 0.306. The number of fused-ring (bicyclic) bond motifs is 1. The van der Waals surface area contributed by atoms with Crippen molar-refractivity contribution in [3.8, 4) is 0 Å². The summed E-state index contributed by atoms with van der Waals surface area (Å²) < 4.78 is 7.21. The second-order valence-corrected chi connectivity index (χ2v) is 5.44. The number of halogens is 1. The molecule has 0 amide bonds. The number of aliphatic hydroxyl groups excluding tert-OH is 3. The molecule has 4 atom stereocenters. The van der Waals surface area contributed by atoms with E-state index in [4.69, 9.17) is 21.4 Å². The number of hydrogen-bond acceptors (Lipinski definition) is 8. The highest BCUT2D eigenvalue weighted by Gasteiger charge is 2.35. The number of aliphatic hydroxyl groups is 3. The molecule has 3 heterocycles. The van der Waals surface area contributed by atoms with E-state index in [0.717, 1.165) is 0 Å². The van der Waals surface area contributed by atoms with Crippen molar-refractivity contribution >= 4 is 28.6 Å². The van der Waals surface area contributed by atoms with Gasteiger partial charge in [0.05, 0.1) is 19.0 Å². The van der Waals surface area contributed by atoms with Gasteiger partial charge in [-0.2, -0.15) is 9.97 Å². The van der Waals surface area contributed by atoms with Crippen molar-refractivity contribution in [2.75, 3.05) is 11.9 Å². The maximum absolute atomic E-state index is 9.84.